The van der Waals surface area contributed by atoms with Gasteiger partial charge in [-0.05, 0) is 25.0 Å². The molecule has 0 rings (SSSR count). The van der Waals surface area contributed by atoms with Crippen LogP contribution in [0, 0.1) is 0 Å². The van der Waals surface area contributed by atoms with Crippen molar-refractivity contribution < 1.29 is 74.0 Å². The Morgan fingerprint density at radius 1 is 0.750 bits per heavy atom. The molecule has 0 aliphatic rings. The monoisotopic (exact) mass is 514 g/mol. The van der Waals surface area contributed by atoms with Crippen LogP contribution >= 0.6 is 46.8 Å². The van der Waals surface area contributed by atoms with E-state index in [1.165, 1.54) is 0 Å². The van der Waals surface area contributed by atoms with Gasteiger partial charge >= 0.3 is 39.8 Å². The van der Waals surface area contributed by atoms with Crippen molar-refractivity contribution in [1.82, 2.24) is 0 Å². The molecule has 110 valence electrons. The van der Waals surface area contributed by atoms with Gasteiger partial charge in [-0.3, -0.25) is 0 Å². The molecule has 0 spiro atoms. The molecule has 0 aliphatic carbocycles. The van der Waals surface area contributed by atoms with Gasteiger partial charge in [-0.1, -0.05) is 36.4 Å². The first-order valence-electron chi connectivity index (χ1n) is 1.97. The molecular weight excluding hydrogens is 488 g/mol. The summed E-state index contributed by atoms with van der Waals surface area (Å²) in [6, 6.07) is 0. The van der Waals surface area contributed by atoms with Crippen LogP contribution in [0.25, 0.3) is 0 Å². The third-order valence-electron chi connectivity index (χ3n) is 0.167. The summed E-state index contributed by atoms with van der Waals surface area (Å²) >= 11 is 9.08. The average molecular weight is 514 g/mol. The molecule has 0 bridgehead atoms. The van der Waals surface area contributed by atoms with Crippen molar-refractivity contribution in [3.05, 3.63) is 0 Å². The maximum Gasteiger partial charge on any atom is 2.00 e. The van der Waals surface area contributed by atoms with Gasteiger partial charge in [0.2, 0.25) is 0 Å². The molecule has 0 radical (unpaired) electrons. The summed E-state index contributed by atoms with van der Waals surface area (Å²) in [5.41, 5.74) is 0. The smallest absolute Gasteiger partial charge is 0.197 e. The maximum absolute atomic E-state index is 3.67. The molecule has 0 saturated heterocycles. The molecule has 16 heavy (non-hydrogen) atoms. The summed E-state index contributed by atoms with van der Waals surface area (Å²) in [4.78, 5) is 0. The molecular formula is C6H26Fe4S6+8. The first kappa shape index (κ1) is 72.5. The van der Waals surface area contributed by atoms with Gasteiger partial charge in [0, 0.05) is 56.5 Å². The van der Waals surface area contributed by atoms with Gasteiger partial charge in [-0.15, -0.1) is 0 Å². The minimum Gasteiger partial charge on any atom is -0.197 e. The van der Waals surface area contributed by atoms with E-state index in [2.05, 4.69) is 34.9 Å². The molecule has 0 heterocycles. The fourth-order valence-corrected chi connectivity index (χ4v) is 0. The minimum absolute atomic E-state index is 0. The standard InChI is InChI=1S/C2H6S2.C2H6S.2CH4.4Fe.S2.H2S/c1-3-4-2;1-3-2;;;;;;;1-2;/h1-2H3;1-2H3;2*1H4;;;;;;1H2/q;;;;;;2*+2;;/p+4. The molecule has 0 N–H and O–H groups in total. The van der Waals surface area contributed by atoms with E-state index < -0.39 is 0 Å². The Morgan fingerprint density at radius 2 is 0.812 bits per heavy atom. The molecule has 0 aromatic carbocycles. The fourth-order valence-electron chi connectivity index (χ4n) is 0. The molecule has 0 aromatic heterocycles. The summed E-state index contributed by atoms with van der Waals surface area (Å²) in [6.07, 6.45) is 8.20. The van der Waals surface area contributed by atoms with Crippen LogP contribution in [0.2, 0.25) is 0 Å². The van der Waals surface area contributed by atoms with Crippen LogP contribution in [0.3, 0.4) is 0 Å². The minimum atomic E-state index is 0. The molecule has 0 unspecified atom stereocenters. The van der Waals surface area contributed by atoms with Crippen molar-refractivity contribution in [3.8, 4) is 0 Å². The summed E-state index contributed by atoms with van der Waals surface area (Å²) in [6.45, 7) is 0. The van der Waals surface area contributed by atoms with Crippen LogP contribution in [0.5, 0.6) is 0 Å². The number of hydrogen-bond donors (Lipinski definition) is 0. The zero-order valence-electron chi connectivity index (χ0n) is 12.0. The second kappa shape index (κ2) is 127. The zero-order valence-corrected chi connectivity index (χ0v) is 17.5. The van der Waals surface area contributed by atoms with Crippen LogP contribution in [0.15, 0.2) is 0 Å². The van der Waals surface area contributed by atoms with Crippen LogP contribution in [0.1, 0.15) is 20.6 Å². The van der Waals surface area contributed by atoms with Crippen LogP contribution in [-0.2, 0) is 90.7 Å². The molecule has 0 atom stereocenters. The first-order valence-corrected chi connectivity index (χ1v) is 7.90. The van der Waals surface area contributed by atoms with Gasteiger partial charge < -0.3 is 0 Å². The third-order valence-corrected chi connectivity index (χ3v) is 1.50. The Hall–Kier alpha value is 3.92. The number of thioether (sulfide) groups is 1. The molecule has 0 aromatic rings. The van der Waals surface area contributed by atoms with Crippen molar-refractivity contribution >= 4 is 69.2 Å². The van der Waals surface area contributed by atoms with E-state index in [0.717, 1.165) is 0 Å². The van der Waals surface area contributed by atoms with Gasteiger partial charge in [-0.2, -0.15) is 25.3 Å². The Morgan fingerprint density at radius 3 is 0.812 bits per heavy atom. The molecule has 0 aliphatic heterocycles. The Labute approximate surface area is 181 Å². The quantitative estimate of drug-likeness (QED) is 0.375. The van der Waals surface area contributed by atoms with Gasteiger partial charge in [0.05, 0.1) is 0 Å². The zero-order chi connectivity index (χ0) is 8.12. The van der Waals surface area contributed by atoms with Gasteiger partial charge in [0.25, 0.3) is 0 Å². The normalized spacial score (nSPS) is 3.25. The molecule has 10 heteroatoms. The number of hydrogen-bond acceptors (Lipinski definition) is 5. The number of rotatable bonds is 1. The maximum atomic E-state index is 3.67. The summed E-state index contributed by atoms with van der Waals surface area (Å²) < 4.78 is 0. The van der Waals surface area contributed by atoms with Gasteiger partial charge in [0.15, 0.2) is 0 Å². The molecule has 0 amide bonds. The van der Waals surface area contributed by atoms with Crippen molar-refractivity contribution in [2.24, 2.45) is 0 Å². The third kappa shape index (κ3) is 212. The van der Waals surface area contributed by atoms with E-state index >= 15 is 0 Å². The van der Waals surface area contributed by atoms with Crippen molar-refractivity contribution in [2.45, 2.75) is 14.9 Å². The fraction of sp³-hybridized carbons (Fsp3) is 1.00. The largest absolute Gasteiger partial charge is 2.00 e. The van der Waals surface area contributed by atoms with E-state index in [1.807, 2.05) is 12.5 Å². The van der Waals surface area contributed by atoms with Crippen LogP contribution < -0.4 is 0 Å². The average Bonchev–Trinajstić information content (AvgIpc) is 1.94. The second-order valence-electron chi connectivity index (χ2n) is 0.742. The van der Waals surface area contributed by atoms with Gasteiger partial charge in [-0.25, -0.2) is 0 Å². The predicted molar refractivity (Wildman–Crippen MR) is 89.5 cm³/mol. The van der Waals surface area contributed by atoms with Gasteiger partial charge in [0.1, 0.15) is 0 Å². The van der Waals surface area contributed by atoms with E-state index in [1.54, 1.807) is 33.3 Å². The summed E-state index contributed by atoms with van der Waals surface area (Å²) in [5.74, 6) is 0. The van der Waals surface area contributed by atoms with Crippen molar-refractivity contribution in [2.75, 3.05) is 25.0 Å². The Bertz CT molecular complexity index is 53.4. The SMILES string of the molecule is C.C.CSC.CSSC.S.S=S.[Fe+2].[Fe+2].[Fe].[Fe].[H+].[H+].[H+].[H+]. The van der Waals surface area contributed by atoms with E-state index in [4.69, 9.17) is 0 Å². The Kier molecular flexibility index (Phi) is 575. The van der Waals surface area contributed by atoms with E-state index in [-0.39, 0.29) is 102 Å². The first-order chi connectivity index (χ1) is 4.33. The van der Waals surface area contributed by atoms with Crippen LogP contribution in [-0.4, -0.2) is 25.0 Å². The topological polar surface area (TPSA) is 0 Å². The molecule has 0 saturated carbocycles. The van der Waals surface area contributed by atoms with E-state index in [9.17, 15) is 0 Å². The Balaban J connectivity index is -0.00000000180. The van der Waals surface area contributed by atoms with Crippen LogP contribution in [0.4, 0.5) is 0 Å². The van der Waals surface area contributed by atoms with E-state index in [0.29, 0.717) is 0 Å². The summed E-state index contributed by atoms with van der Waals surface area (Å²) in [7, 11) is 3.55. The van der Waals surface area contributed by atoms with Crippen molar-refractivity contribution in [3.63, 3.8) is 0 Å². The predicted octanol–water partition coefficient (Wildman–Crippen LogP) is 4.43. The summed E-state index contributed by atoms with van der Waals surface area (Å²) in [5, 5.41) is 0. The second-order valence-corrected chi connectivity index (χ2v) is 4.22. The molecule has 0 fully saturated rings. The molecule has 0 nitrogen and oxygen atoms in total. The van der Waals surface area contributed by atoms with Crippen molar-refractivity contribution in [1.29, 1.82) is 0 Å².